The van der Waals surface area contributed by atoms with Crippen LogP contribution in [0, 0.1) is 0 Å². The van der Waals surface area contributed by atoms with Crippen LogP contribution in [-0.4, -0.2) is 41.0 Å². The van der Waals surface area contributed by atoms with E-state index in [0.29, 0.717) is 34.3 Å². The van der Waals surface area contributed by atoms with Crippen molar-refractivity contribution in [3.05, 3.63) is 39.4 Å². The van der Waals surface area contributed by atoms with Gasteiger partial charge in [0.05, 0.1) is 17.4 Å². The third-order valence-corrected chi connectivity index (χ3v) is 3.77. The van der Waals surface area contributed by atoms with Crippen LogP contribution < -0.4 is 10.9 Å². The SMILES string of the molecule is CC(C)N(C)CCNCc1nc2cc(Cl)ccc2c(=O)[nH]1. The van der Waals surface area contributed by atoms with Crippen molar-refractivity contribution in [3.8, 4) is 0 Å². The lowest BCUT2D eigenvalue weighted by molar-refractivity contribution is 0.273. The number of H-pyrrole nitrogens is 1. The molecule has 2 N–H and O–H groups in total. The Hall–Kier alpha value is -1.43. The Morgan fingerprint density at radius 2 is 2.19 bits per heavy atom. The molecule has 0 spiro atoms. The van der Waals surface area contributed by atoms with Crippen molar-refractivity contribution in [2.24, 2.45) is 0 Å². The van der Waals surface area contributed by atoms with Gasteiger partial charge in [-0.2, -0.15) is 0 Å². The van der Waals surface area contributed by atoms with Gasteiger partial charge >= 0.3 is 0 Å². The van der Waals surface area contributed by atoms with Gasteiger partial charge in [-0.15, -0.1) is 0 Å². The summed E-state index contributed by atoms with van der Waals surface area (Å²) < 4.78 is 0. The summed E-state index contributed by atoms with van der Waals surface area (Å²) in [4.78, 5) is 21.4. The molecule has 0 saturated heterocycles. The summed E-state index contributed by atoms with van der Waals surface area (Å²) in [5.41, 5.74) is 0.495. The van der Waals surface area contributed by atoms with Gasteiger partial charge in [0.15, 0.2) is 0 Å². The smallest absolute Gasteiger partial charge is 0.258 e. The second-order valence-corrected chi connectivity index (χ2v) is 5.86. The zero-order valence-corrected chi connectivity index (χ0v) is 13.4. The topological polar surface area (TPSA) is 61.0 Å². The summed E-state index contributed by atoms with van der Waals surface area (Å²) in [7, 11) is 2.09. The van der Waals surface area contributed by atoms with Gasteiger partial charge in [0.1, 0.15) is 5.82 Å². The third kappa shape index (κ3) is 4.27. The maximum Gasteiger partial charge on any atom is 0.258 e. The fourth-order valence-corrected chi connectivity index (χ4v) is 2.13. The Balaban J connectivity index is 2.01. The highest BCUT2D eigenvalue weighted by atomic mass is 35.5. The van der Waals surface area contributed by atoms with Crippen molar-refractivity contribution in [1.82, 2.24) is 20.2 Å². The van der Waals surface area contributed by atoms with E-state index in [-0.39, 0.29) is 5.56 Å². The first-order chi connectivity index (χ1) is 9.97. The number of hydrogen-bond acceptors (Lipinski definition) is 4. The molecule has 5 nitrogen and oxygen atoms in total. The van der Waals surface area contributed by atoms with E-state index < -0.39 is 0 Å². The summed E-state index contributed by atoms with van der Waals surface area (Å²) in [6.07, 6.45) is 0. The molecule has 0 atom stereocenters. The Bertz CT molecular complexity index is 668. The number of hydrogen-bond donors (Lipinski definition) is 2. The van der Waals surface area contributed by atoms with Gasteiger partial charge in [0.2, 0.25) is 0 Å². The minimum absolute atomic E-state index is 0.132. The van der Waals surface area contributed by atoms with E-state index in [4.69, 9.17) is 11.6 Å². The Labute approximate surface area is 129 Å². The first kappa shape index (κ1) is 15.9. The molecule has 0 bridgehead atoms. The second-order valence-electron chi connectivity index (χ2n) is 5.43. The second kappa shape index (κ2) is 7.02. The molecule has 0 amide bonds. The summed E-state index contributed by atoms with van der Waals surface area (Å²) in [6, 6.07) is 5.62. The number of aromatic nitrogens is 2. The first-order valence-electron chi connectivity index (χ1n) is 7.07. The van der Waals surface area contributed by atoms with Crippen LogP contribution in [0.1, 0.15) is 19.7 Å². The van der Waals surface area contributed by atoms with E-state index in [1.807, 2.05) is 0 Å². The zero-order valence-electron chi connectivity index (χ0n) is 12.6. The number of nitrogens with zero attached hydrogens (tertiary/aromatic N) is 2. The largest absolute Gasteiger partial charge is 0.309 e. The van der Waals surface area contributed by atoms with Gasteiger partial charge in [0, 0.05) is 24.2 Å². The number of aromatic amines is 1. The van der Waals surface area contributed by atoms with Crippen LogP contribution >= 0.6 is 11.6 Å². The van der Waals surface area contributed by atoms with Gasteiger partial charge < -0.3 is 15.2 Å². The third-order valence-electron chi connectivity index (χ3n) is 3.53. The van der Waals surface area contributed by atoms with E-state index in [2.05, 4.69) is 41.1 Å². The number of halogens is 1. The summed E-state index contributed by atoms with van der Waals surface area (Å²) in [5.74, 6) is 0.627. The lowest BCUT2D eigenvalue weighted by atomic mass is 10.2. The Morgan fingerprint density at radius 3 is 2.90 bits per heavy atom. The van der Waals surface area contributed by atoms with Crippen LogP contribution in [0.15, 0.2) is 23.0 Å². The Kier molecular flexibility index (Phi) is 5.33. The molecule has 0 aliphatic heterocycles. The number of rotatable bonds is 6. The molecule has 21 heavy (non-hydrogen) atoms. The summed E-state index contributed by atoms with van der Waals surface area (Å²) in [6.45, 7) is 6.63. The molecule has 0 fully saturated rings. The highest BCUT2D eigenvalue weighted by molar-refractivity contribution is 6.31. The zero-order chi connectivity index (χ0) is 15.4. The standard InChI is InChI=1S/C15H21ClN4O/c1-10(2)20(3)7-6-17-9-14-18-13-8-11(16)4-5-12(13)15(21)19-14/h4-5,8,10,17H,6-7,9H2,1-3H3,(H,18,19,21). The molecule has 0 unspecified atom stereocenters. The molecular weight excluding hydrogens is 288 g/mol. The molecule has 2 aromatic rings. The average molecular weight is 309 g/mol. The quantitative estimate of drug-likeness (QED) is 0.801. The van der Waals surface area contributed by atoms with Crippen LogP contribution in [-0.2, 0) is 6.54 Å². The van der Waals surface area contributed by atoms with Crippen molar-refractivity contribution in [1.29, 1.82) is 0 Å². The molecule has 0 aliphatic rings. The lowest BCUT2D eigenvalue weighted by Crippen LogP contribution is -2.34. The van der Waals surface area contributed by atoms with Crippen LogP contribution in [0.4, 0.5) is 0 Å². The van der Waals surface area contributed by atoms with Crippen LogP contribution in [0.5, 0.6) is 0 Å². The van der Waals surface area contributed by atoms with Crippen LogP contribution in [0.2, 0.25) is 5.02 Å². The highest BCUT2D eigenvalue weighted by Crippen LogP contribution is 2.14. The van der Waals surface area contributed by atoms with Crippen molar-refractivity contribution >= 4 is 22.5 Å². The minimum atomic E-state index is -0.132. The van der Waals surface area contributed by atoms with E-state index in [1.54, 1.807) is 18.2 Å². The number of likely N-dealkylation sites (N-methyl/N-ethyl adjacent to an activating group) is 1. The average Bonchev–Trinajstić information content (AvgIpc) is 2.42. The van der Waals surface area contributed by atoms with E-state index in [1.165, 1.54) is 0 Å². The molecule has 6 heteroatoms. The highest BCUT2D eigenvalue weighted by Gasteiger charge is 2.05. The van der Waals surface area contributed by atoms with Crippen molar-refractivity contribution in [2.75, 3.05) is 20.1 Å². The number of nitrogens with one attached hydrogen (secondary N) is 2. The molecule has 1 aromatic heterocycles. The maximum atomic E-state index is 12.0. The number of benzene rings is 1. The summed E-state index contributed by atoms with van der Waals surface area (Å²) >= 11 is 5.94. The molecule has 2 rings (SSSR count). The normalized spacial score (nSPS) is 11.7. The van der Waals surface area contributed by atoms with Gasteiger partial charge in [-0.25, -0.2) is 4.98 Å². The van der Waals surface area contributed by atoms with E-state index in [9.17, 15) is 4.79 Å². The van der Waals surface area contributed by atoms with Crippen molar-refractivity contribution in [2.45, 2.75) is 26.4 Å². The minimum Gasteiger partial charge on any atom is -0.309 e. The summed E-state index contributed by atoms with van der Waals surface area (Å²) in [5, 5.41) is 4.43. The molecule has 0 radical (unpaired) electrons. The Morgan fingerprint density at radius 1 is 1.43 bits per heavy atom. The maximum absolute atomic E-state index is 12.0. The lowest BCUT2D eigenvalue weighted by Gasteiger charge is -2.20. The molecule has 114 valence electrons. The molecular formula is C15H21ClN4O. The van der Waals surface area contributed by atoms with Crippen LogP contribution in [0.25, 0.3) is 10.9 Å². The predicted octanol–water partition coefficient (Wildman–Crippen LogP) is 2.01. The van der Waals surface area contributed by atoms with E-state index >= 15 is 0 Å². The van der Waals surface area contributed by atoms with E-state index in [0.717, 1.165) is 13.1 Å². The van der Waals surface area contributed by atoms with Crippen LogP contribution in [0.3, 0.4) is 0 Å². The van der Waals surface area contributed by atoms with Crippen molar-refractivity contribution in [3.63, 3.8) is 0 Å². The predicted molar refractivity (Wildman–Crippen MR) is 86.8 cm³/mol. The number of fused-ring (bicyclic) bond motifs is 1. The first-order valence-corrected chi connectivity index (χ1v) is 7.44. The fourth-order valence-electron chi connectivity index (χ4n) is 1.97. The molecule has 0 aliphatic carbocycles. The van der Waals surface area contributed by atoms with Crippen molar-refractivity contribution < 1.29 is 0 Å². The van der Waals surface area contributed by atoms with Gasteiger partial charge in [-0.05, 0) is 39.1 Å². The molecule has 1 heterocycles. The van der Waals surface area contributed by atoms with Gasteiger partial charge in [-0.1, -0.05) is 11.6 Å². The van der Waals surface area contributed by atoms with Gasteiger partial charge in [0.25, 0.3) is 5.56 Å². The monoisotopic (exact) mass is 308 g/mol. The molecule has 1 aromatic carbocycles. The fraction of sp³-hybridized carbons (Fsp3) is 0.467. The molecule has 0 saturated carbocycles. The van der Waals surface area contributed by atoms with Gasteiger partial charge in [-0.3, -0.25) is 4.79 Å².